The molecule has 2 heteroatoms. The van der Waals surface area contributed by atoms with Gasteiger partial charge in [0.25, 0.3) is 0 Å². The van der Waals surface area contributed by atoms with E-state index in [1.165, 1.54) is 44.9 Å². The normalized spacial score (nSPS) is 22.5. The fourth-order valence-electron chi connectivity index (χ4n) is 3.13. The molecule has 0 aromatic carbocycles. The zero-order valence-electron chi connectivity index (χ0n) is 13.1. The molecule has 2 nitrogen and oxygen atoms in total. The number of rotatable bonds is 10. The average Bonchev–Trinajstić information content (AvgIpc) is 3.15. The summed E-state index contributed by atoms with van der Waals surface area (Å²) >= 11 is 0. The van der Waals surface area contributed by atoms with Gasteiger partial charge in [0.1, 0.15) is 0 Å². The third-order valence-corrected chi connectivity index (χ3v) is 4.87. The molecule has 2 unspecified atom stereocenters. The van der Waals surface area contributed by atoms with Crippen LogP contribution in [0.15, 0.2) is 0 Å². The molecule has 0 aliphatic carbocycles. The molecule has 1 rings (SSSR count). The lowest BCUT2D eigenvalue weighted by Crippen LogP contribution is -2.41. The molecular formula is C16H32O2. The van der Waals surface area contributed by atoms with Crippen LogP contribution in [0.5, 0.6) is 0 Å². The van der Waals surface area contributed by atoms with E-state index in [0.29, 0.717) is 5.92 Å². The molecule has 0 bridgehead atoms. The Morgan fingerprint density at radius 2 is 1.61 bits per heavy atom. The molecule has 0 spiro atoms. The van der Waals surface area contributed by atoms with Crippen molar-refractivity contribution in [1.82, 2.24) is 0 Å². The van der Waals surface area contributed by atoms with Crippen molar-refractivity contribution < 1.29 is 9.78 Å². The van der Waals surface area contributed by atoms with E-state index in [4.69, 9.17) is 9.78 Å². The number of hydrogen-bond acceptors (Lipinski definition) is 2. The summed E-state index contributed by atoms with van der Waals surface area (Å²) < 4.78 is 0. The predicted molar refractivity (Wildman–Crippen MR) is 76.1 cm³/mol. The molecule has 0 amide bonds. The number of unbranched alkanes of at least 4 members (excludes halogenated alkanes) is 2. The zero-order chi connectivity index (χ0) is 13.6. The van der Waals surface area contributed by atoms with E-state index >= 15 is 0 Å². The van der Waals surface area contributed by atoms with Gasteiger partial charge in [-0.05, 0) is 18.8 Å². The highest BCUT2D eigenvalue weighted by atomic mass is 17.4. The Morgan fingerprint density at radius 3 is 2.06 bits per heavy atom. The lowest BCUT2D eigenvalue weighted by Gasteiger charge is -2.38. The summed E-state index contributed by atoms with van der Waals surface area (Å²) in [5, 5.41) is 0. The first-order valence-corrected chi connectivity index (χ1v) is 7.93. The van der Waals surface area contributed by atoms with E-state index in [0.717, 1.165) is 6.42 Å². The molecule has 0 saturated carbocycles. The first-order chi connectivity index (χ1) is 8.56. The Kier molecular flexibility index (Phi) is 6.13. The van der Waals surface area contributed by atoms with Crippen molar-refractivity contribution in [3.05, 3.63) is 0 Å². The van der Waals surface area contributed by atoms with E-state index in [2.05, 4.69) is 34.6 Å². The molecule has 2 atom stereocenters. The van der Waals surface area contributed by atoms with Crippen molar-refractivity contribution in [2.75, 3.05) is 0 Å². The van der Waals surface area contributed by atoms with Gasteiger partial charge in [0.2, 0.25) is 5.79 Å². The van der Waals surface area contributed by atoms with Crippen LogP contribution >= 0.6 is 0 Å². The third-order valence-electron chi connectivity index (χ3n) is 4.87. The fourth-order valence-corrected chi connectivity index (χ4v) is 3.13. The van der Waals surface area contributed by atoms with E-state index in [1.54, 1.807) is 0 Å². The van der Waals surface area contributed by atoms with E-state index in [9.17, 15) is 0 Å². The minimum absolute atomic E-state index is 0.175. The molecule has 18 heavy (non-hydrogen) atoms. The van der Waals surface area contributed by atoms with Gasteiger partial charge in [0.15, 0.2) is 0 Å². The second-order valence-corrected chi connectivity index (χ2v) is 6.23. The second-order valence-electron chi connectivity index (χ2n) is 6.23. The highest BCUT2D eigenvalue weighted by Crippen LogP contribution is 2.57. The molecule has 0 radical (unpaired) electrons. The lowest BCUT2D eigenvalue weighted by atomic mass is 9.66. The Bertz CT molecular complexity index is 235. The summed E-state index contributed by atoms with van der Waals surface area (Å²) in [6, 6.07) is 0. The lowest BCUT2D eigenvalue weighted by molar-refractivity contribution is 0.0323. The summed E-state index contributed by atoms with van der Waals surface area (Å²) in [5.74, 6) is 0.389. The Balaban J connectivity index is 2.75. The van der Waals surface area contributed by atoms with Crippen LogP contribution in [0.4, 0.5) is 0 Å². The summed E-state index contributed by atoms with van der Waals surface area (Å²) in [6.45, 7) is 11.5. The fraction of sp³-hybridized carbons (Fsp3) is 1.00. The van der Waals surface area contributed by atoms with Crippen LogP contribution in [0.25, 0.3) is 0 Å². The second kappa shape index (κ2) is 6.91. The summed E-state index contributed by atoms with van der Waals surface area (Å²) in [6.07, 6.45) is 9.70. The average molecular weight is 256 g/mol. The van der Waals surface area contributed by atoms with E-state index in [-0.39, 0.29) is 11.2 Å². The Morgan fingerprint density at radius 1 is 1.00 bits per heavy atom. The third kappa shape index (κ3) is 3.27. The maximum atomic E-state index is 5.53. The standard InChI is InChI=1S/C16H32O2/c1-6-9-12-15(5,14(4)11-8-3)16(17-18-16)13-10-7-2/h14H,6-13H2,1-5H3. The molecule has 108 valence electrons. The van der Waals surface area contributed by atoms with Gasteiger partial charge in [0.05, 0.1) is 0 Å². The van der Waals surface area contributed by atoms with Gasteiger partial charge in [-0.15, -0.1) is 0 Å². The first-order valence-electron chi connectivity index (χ1n) is 7.93. The van der Waals surface area contributed by atoms with Crippen LogP contribution < -0.4 is 0 Å². The molecule has 1 aliphatic heterocycles. The predicted octanol–water partition coefficient (Wildman–Crippen LogP) is 5.47. The zero-order valence-corrected chi connectivity index (χ0v) is 13.1. The molecule has 1 aliphatic rings. The van der Waals surface area contributed by atoms with Gasteiger partial charge in [-0.2, -0.15) is 9.78 Å². The molecule has 1 fully saturated rings. The molecule has 1 heterocycles. The van der Waals surface area contributed by atoms with Crippen LogP contribution in [-0.4, -0.2) is 5.79 Å². The van der Waals surface area contributed by atoms with Gasteiger partial charge < -0.3 is 0 Å². The Labute approximate surface area is 113 Å². The van der Waals surface area contributed by atoms with E-state index in [1.807, 2.05) is 0 Å². The van der Waals surface area contributed by atoms with Crippen molar-refractivity contribution in [2.45, 2.75) is 91.8 Å². The van der Waals surface area contributed by atoms with Gasteiger partial charge in [-0.3, -0.25) is 0 Å². The van der Waals surface area contributed by atoms with Gasteiger partial charge in [0, 0.05) is 11.8 Å². The summed E-state index contributed by atoms with van der Waals surface area (Å²) in [5.41, 5.74) is 0.175. The topological polar surface area (TPSA) is 25.1 Å². The first kappa shape index (κ1) is 16.0. The van der Waals surface area contributed by atoms with E-state index < -0.39 is 0 Å². The molecule has 0 aromatic heterocycles. The Hall–Kier alpha value is -0.0800. The van der Waals surface area contributed by atoms with Crippen molar-refractivity contribution in [1.29, 1.82) is 0 Å². The minimum Gasteiger partial charge on any atom is -0.194 e. The SMILES string of the molecule is CCCCC1(C(C)(CCCC)C(C)CCC)OO1. The van der Waals surface area contributed by atoms with Gasteiger partial charge >= 0.3 is 0 Å². The van der Waals surface area contributed by atoms with Crippen LogP contribution in [0.2, 0.25) is 0 Å². The molecule has 1 saturated heterocycles. The summed E-state index contributed by atoms with van der Waals surface area (Å²) in [4.78, 5) is 11.1. The van der Waals surface area contributed by atoms with Crippen molar-refractivity contribution in [2.24, 2.45) is 11.3 Å². The quantitative estimate of drug-likeness (QED) is 0.382. The van der Waals surface area contributed by atoms with Gasteiger partial charge in [-0.1, -0.05) is 66.7 Å². The van der Waals surface area contributed by atoms with Crippen LogP contribution in [0.3, 0.4) is 0 Å². The molecule has 0 aromatic rings. The van der Waals surface area contributed by atoms with Crippen LogP contribution in [0, 0.1) is 11.3 Å². The van der Waals surface area contributed by atoms with Crippen molar-refractivity contribution >= 4 is 0 Å². The molecular weight excluding hydrogens is 224 g/mol. The van der Waals surface area contributed by atoms with Crippen molar-refractivity contribution in [3.63, 3.8) is 0 Å². The molecule has 0 N–H and O–H groups in total. The van der Waals surface area contributed by atoms with Crippen LogP contribution in [-0.2, 0) is 9.78 Å². The summed E-state index contributed by atoms with van der Waals surface area (Å²) in [7, 11) is 0. The number of hydrogen-bond donors (Lipinski definition) is 0. The monoisotopic (exact) mass is 256 g/mol. The highest BCUT2D eigenvalue weighted by molar-refractivity contribution is 4.97. The minimum atomic E-state index is -0.271. The maximum absolute atomic E-state index is 5.53. The largest absolute Gasteiger partial charge is 0.239 e. The highest BCUT2D eigenvalue weighted by Gasteiger charge is 2.63. The maximum Gasteiger partial charge on any atom is 0.239 e. The van der Waals surface area contributed by atoms with Crippen LogP contribution in [0.1, 0.15) is 86.0 Å². The van der Waals surface area contributed by atoms with Gasteiger partial charge in [-0.25, -0.2) is 0 Å². The van der Waals surface area contributed by atoms with Crippen molar-refractivity contribution in [3.8, 4) is 0 Å². The smallest absolute Gasteiger partial charge is 0.194 e.